The third-order valence-electron chi connectivity index (χ3n) is 5.22. The van der Waals surface area contributed by atoms with Gasteiger partial charge >= 0.3 is 0 Å². The Labute approximate surface area is 202 Å². The van der Waals surface area contributed by atoms with Gasteiger partial charge in [0.1, 0.15) is 5.82 Å². The van der Waals surface area contributed by atoms with Gasteiger partial charge in [0.15, 0.2) is 23.0 Å². The number of fused-ring (bicyclic) bond motifs is 1. The molecular formula is C24H25ClN6O3. The first kappa shape index (κ1) is 23.3. The van der Waals surface area contributed by atoms with Crippen molar-refractivity contribution in [3.05, 3.63) is 76.6 Å². The minimum atomic E-state index is -0.193. The zero-order valence-electron chi connectivity index (χ0n) is 18.9. The Bertz CT molecular complexity index is 1290. The molecule has 0 unspecified atom stereocenters. The summed E-state index contributed by atoms with van der Waals surface area (Å²) in [4.78, 5) is 12.3. The van der Waals surface area contributed by atoms with Crippen LogP contribution in [-0.4, -0.2) is 53.0 Å². The van der Waals surface area contributed by atoms with Gasteiger partial charge in [-0.1, -0.05) is 23.7 Å². The predicted molar refractivity (Wildman–Crippen MR) is 130 cm³/mol. The van der Waals surface area contributed by atoms with E-state index in [2.05, 4.69) is 25.9 Å². The Hall–Kier alpha value is -3.85. The van der Waals surface area contributed by atoms with E-state index in [0.29, 0.717) is 58.9 Å². The Morgan fingerprint density at radius 2 is 1.82 bits per heavy atom. The number of aromatic nitrogens is 4. The molecule has 0 saturated heterocycles. The van der Waals surface area contributed by atoms with Crippen molar-refractivity contribution in [1.82, 2.24) is 25.1 Å². The van der Waals surface area contributed by atoms with E-state index in [1.807, 2.05) is 30.3 Å². The van der Waals surface area contributed by atoms with Crippen LogP contribution in [0.15, 0.2) is 54.6 Å². The third kappa shape index (κ3) is 5.55. The lowest BCUT2D eigenvalue weighted by molar-refractivity contribution is 0.0954. The van der Waals surface area contributed by atoms with Gasteiger partial charge in [-0.3, -0.25) is 4.79 Å². The molecule has 2 aromatic carbocycles. The second kappa shape index (κ2) is 10.8. The highest BCUT2D eigenvalue weighted by Crippen LogP contribution is 2.27. The van der Waals surface area contributed by atoms with Crippen molar-refractivity contribution < 1.29 is 14.3 Å². The Morgan fingerprint density at radius 3 is 2.62 bits per heavy atom. The maximum Gasteiger partial charge on any atom is 0.251 e. The molecule has 0 aliphatic carbocycles. The lowest BCUT2D eigenvalue weighted by Crippen LogP contribution is -2.26. The molecule has 34 heavy (non-hydrogen) atoms. The molecule has 0 bridgehead atoms. The molecule has 2 N–H and O–H groups in total. The topological polar surface area (TPSA) is 103 Å². The van der Waals surface area contributed by atoms with Crippen molar-refractivity contribution in [3.8, 4) is 11.5 Å². The molecule has 4 aromatic rings. The lowest BCUT2D eigenvalue weighted by Gasteiger charge is -2.10. The number of anilines is 1. The summed E-state index contributed by atoms with van der Waals surface area (Å²) in [6.07, 6.45) is 1.26. The van der Waals surface area contributed by atoms with Crippen molar-refractivity contribution in [2.45, 2.75) is 12.8 Å². The molecule has 2 heterocycles. The van der Waals surface area contributed by atoms with E-state index in [0.717, 1.165) is 12.0 Å². The number of hydrogen-bond donors (Lipinski definition) is 2. The molecule has 0 spiro atoms. The summed E-state index contributed by atoms with van der Waals surface area (Å²) in [5.74, 6) is 2.58. The molecule has 9 nitrogen and oxygen atoms in total. The predicted octanol–water partition coefficient (Wildman–Crippen LogP) is 3.42. The van der Waals surface area contributed by atoms with Gasteiger partial charge in [-0.05, 0) is 54.4 Å². The van der Waals surface area contributed by atoms with E-state index in [4.69, 9.17) is 21.1 Å². The maximum absolute atomic E-state index is 12.3. The average Bonchev–Trinajstić information content (AvgIpc) is 3.26. The second-order valence-corrected chi connectivity index (χ2v) is 7.92. The summed E-state index contributed by atoms with van der Waals surface area (Å²) in [7, 11) is 3.24. The van der Waals surface area contributed by atoms with Gasteiger partial charge in [0.25, 0.3) is 5.91 Å². The highest BCUT2D eigenvalue weighted by molar-refractivity contribution is 6.30. The zero-order chi connectivity index (χ0) is 23.9. The molecule has 0 atom stereocenters. The number of nitrogens with zero attached hydrogens (tertiary/aromatic N) is 4. The Kier molecular flexibility index (Phi) is 7.44. The molecule has 0 fully saturated rings. The molecule has 10 heteroatoms. The number of methoxy groups -OCH3 is 2. The highest BCUT2D eigenvalue weighted by Gasteiger charge is 2.10. The summed E-state index contributed by atoms with van der Waals surface area (Å²) in [5, 5.41) is 19.7. The lowest BCUT2D eigenvalue weighted by atomic mass is 10.1. The van der Waals surface area contributed by atoms with Crippen LogP contribution in [0.3, 0.4) is 0 Å². The Morgan fingerprint density at radius 1 is 0.971 bits per heavy atom. The number of rotatable bonds is 10. The van der Waals surface area contributed by atoms with Crippen LogP contribution in [0.5, 0.6) is 11.5 Å². The van der Waals surface area contributed by atoms with Gasteiger partial charge < -0.3 is 20.1 Å². The van der Waals surface area contributed by atoms with Crippen LogP contribution in [0, 0.1) is 0 Å². The number of halogens is 1. The zero-order valence-corrected chi connectivity index (χ0v) is 19.7. The number of benzene rings is 2. The summed E-state index contributed by atoms with van der Waals surface area (Å²) in [6.45, 7) is 1.08. The normalized spacial score (nSPS) is 10.8. The maximum atomic E-state index is 12.3. The smallest absolute Gasteiger partial charge is 0.251 e. The van der Waals surface area contributed by atoms with E-state index in [-0.39, 0.29) is 5.91 Å². The van der Waals surface area contributed by atoms with Gasteiger partial charge in [0.2, 0.25) is 0 Å². The van der Waals surface area contributed by atoms with Crippen molar-refractivity contribution in [2.24, 2.45) is 0 Å². The van der Waals surface area contributed by atoms with E-state index < -0.39 is 0 Å². The van der Waals surface area contributed by atoms with Gasteiger partial charge in [-0.25, -0.2) is 0 Å². The monoisotopic (exact) mass is 480 g/mol. The largest absolute Gasteiger partial charge is 0.493 e. The molecule has 176 valence electrons. The number of amides is 1. The summed E-state index contributed by atoms with van der Waals surface area (Å²) in [5.41, 5.74) is 2.27. The quantitative estimate of drug-likeness (QED) is 0.358. The van der Waals surface area contributed by atoms with Gasteiger partial charge in [0.05, 0.1) is 14.2 Å². The minimum Gasteiger partial charge on any atom is -0.493 e. The van der Waals surface area contributed by atoms with Crippen LogP contribution < -0.4 is 20.1 Å². The van der Waals surface area contributed by atoms with E-state index >= 15 is 0 Å². The molecule has 4 rings (SSSR count). The SMILES string of the molecule is COc1ccc(CCNc2ccc3nnc(CCNC(=O)c4cccc(Cl)c4)n3n2)cc1OC. The average molecular weight is 481 g/mol. The van der Waals surface area contributed by atoms with Crippen molar-refractivity contribution >= 4 is 29.0 Å². The van der Waals surface area contributed by atoms with Crippen molar-refractivity contribution in [1.29, 1.82) is 0 Å². The van der Waals surface area contributed by atoms with Gasteiger partial charge in [-0.15, -0.1) is 15.3 Å². The molecule has 0 aliphatic rings. The van der Waals surface area contributed by atoms with Crippen LogP contribution in [0.25, 0.3) is 5.65 Å². The van der Waals surface area contributed by atoms with Gasteiger partial charge in [-0.2, -0.15) is 4.52 Å². The minimum absolute atomic E-state index is 0.193. The summed E-state index contributed by atoms with van der Waals surface area (Å²) < 4.78 is 12.3. The van der Waals surface area contributed by atoms with Crippen LogP contribution in [-0.2, 0) is 12.8 Å². The fourth-order valence-corrected chi connectivity index (χ4v) is 3.66. The number of carbonyl (C=O) groups excluding carboxylic acids is 1. The first-order valence-corrected chi connectivity index (χ1v) is 11.1. The fraction of sp³-hybridized carbons (Fsp3) is 0.250. The van der Waals surface area contributed by atoms with Gasteiger partial charge in [0, 0.05) is 30.1 Å². The molecule has 2 aromatic heterocycles. The third-order valence-corrected chi connectivity index (χ3v) is 5.45. The highest BCUT2D eigenvalue weighted by atomic mass is 35.5. The number of nitrogens with one attached hydrogen (secondary N) is 2. The number of carbonyl (C=O) groups is 1. The molecule has 0 aliphatic heterocycles. The fourth-order valence-electron chi connectivity index (χ4n) is 3.47. The van der Waals surface area contributed by atoms with Crippen LogP contribution in [0.4, 0.5) is 5.82 Å². The second-order valence-electron chi connectivity index (χ2n) is 7.49. The molecule has 0 saturated carbocycles. The van der Waals surface area contributed by atoms with Crippen molar-refractivity contribution in [3.63, 3.8) is 0 Å². The number of ether oxygens (including phenoxy) is 2. The summed E-state index contributed by atoms with van der Waals surface area (Å²) >= 11 is 5.95. The van der Waals surface area contributed by atoms with Crippen molar-refractivity contribution in [2.75, 3.05) is 32.6 Å². The molecular weight excluding hydrogens is 456 g/mol. The summed E-state index contributed by atoms with van der Waals surface area (Å²) in [6, 6.07) is 16.4. The Balaban J connectivity index is 1.34. The van der Waals surface area contributed by atoms with E-state index in [1.165, 1.54) is 0 Å². The first-order valence-electron chi connectivity index (χ1n) is 10.8. The molecule has 0 radical (unpaired) electrons. The first-order chi connectivity index (χ1) is 16.6. The standard InChI is InChI=1S/C24H25ClN6O3/c1-33-19-7-6-16(14-20(19)34-2)10-12-26-21-8-9-22-28-29-23(31(22)30-21)11-13-27-24(32)17-4-3-5-18(25)15-17/h3-9,14-15H,10-13H2,1-2H3,(H,26,30)(H,27,32). The van der Waals surface area contributed by atoms with E-state index in [9.17, 15) is 4.79 Å². The van der Waals surface area contributed by atoms with Crippen LogP contribution >= 0.6 is 11.6 Å². The van der Waals surface area contributed by atoms with Crippen LogP contribution in [0.2, 0.25) is 5.02 Å². The van der Waals surface area contributed by atoms with Crippen LogP contribution in [0.1, 0.15) is 21.7 Å². The van der Waals surface area contributed by atoms with E-state index in [1.54, 1.807) is 43.0 Å². The molecule has 1 amide bonds. The number of hydrogen-bond acceptors (Lipinski definition) is 7.